The summed E-state index contributed by atoms with van der Waals surface area (Å²) in [4.78, 5) is 11.6. The maximum atomic E-state index is 11.6. The molecular weight excluding hydrogens is 258 g/mol. The fraction of sp³-hybridized carbons (Fsp3) is 0.600. The molecule has 0 spiro atoms. The summed E-state index contributed by atoms with van der Waals surface area (Å²) in [6.45, 7) is 6.09. The molecule has 0 saturated heterocycles. The minimum Gasteiger partial charge on any atom is -0.351 e. The van der Waals surface area contributed by atoms with Gasteiger partial charge in [-0.15, -0.1) is 0 Å². The lowest BCUT2D eigenvalue weighted by atomic mass is 10.2. The molecule has 0 aliphatic rings. The fourth-order valence-corrected chi connectivity index (χ4v) is 1.35. The number of carbonyl (C=O) groups excluding carboxylic acids is 1. The van der Waals surface area contributed by atoms with E-state index in [2.05, 4.69) is 26.3 Å². The first-order chi connectivity index (χ1) is 6.80. The largest absolute Gasteiger partial charge is 0.351 e. The number of carbonyl (C=O) groups is 1. The summed E-state index contributed by atoms with van der Waals surface area (Å²) in [6.07, 6.45) is 1.91. The molecule has 1 aromatic heterocycles. The Kier molecular flexibility index (Phi) is 3.54. The number of hydrogen-bond acceptors (Lipinski definition) is 2. The summed E-state index contributed by atoms with van der Waals surface area (Å²) in [5, 5.41) is 7.06. The predicted octanol–water partition coefficient (Wildman–Crippen LogP) is 1.52. The van der Waals surface area contributed by atoms with Gasteiger partial charge in [0.2, 0.25) is 5.91 Å². The first-order valence-corrected chi connectivity index (χ1v) is 5.56. The van der Waals surface area contributed by atoms with Gasteiger partial charge in [-0.2, -0.15) is 5.10 Å². The van der Waals surface area contributed by atoms with Crippen molar-refractivity contribution >= 4 is 21.8 Å². The van der Waals surface area contributed by atoms with Crippen molar-refractivity contribution in [3.63, 3.8) is 0 Å². The number of halogens is 1. The van der Waals surface area contributed by atoms with Gasteiger partial charge in [-0.25, -0.2) is 0 Å². The van der Waals surface area contributed by atoms with Crippen LogP contribution < -0.4 is 5.32 Å². The molecule has 1 amide bonds. The molecule has 1 rings (SSSR count). The molecular formula is C10H16BrN3O. The molecule has 1 aromatic rings. The second-order valence-corrected chi connectivity index (χ2v) is 6.05. The van der Waals surface area contributed by atoms with Gasteiger partial charge in [0.15, 0.2) is 0 Å². The number of alkyl halides is 1. The number of aromatic nitrogens is 2. The van der Waals surface area contributed by atoms with Crippen LogP contribution in [0.4, 0.5) is 0 Å². The molecule has 0 aliphatic heterocycles. The molecule has 4 nitrogen and oxygen atoms in total. The van der Waals surface area contributed by atoms with Crippen LogP contribution >= 0.6 is 15.9 Å². The molecule has 0 bridgehead atoms. The second kappa shape index (κ2) is 4.35. The van der Waals surface area contributed by atoms with E-state index in [0.717, 1.165) is 11.3 Å². The van der Waals surface area contributed by atoms with E-state index in [-0.39, 0.29) is 5.91 Å². The Labute approximate surface area is 98.2 Å². The quantitative estimate of drug-likeness (QED) is 0.849. The van der Waals surface area contributed by atoms with Crippen LogP contribution in [0, 0.1) is 6.92 Å². The van der Waals surface area contributed by atoms with Crippen LogP contribution in [-0.2, 0) is 18.4 Å². The molecule has 1 heterocycles. The molecule has 0 fully saturated rings. The highest BCUT2D eigenvalue weighted by atomic mass is 79.9. The standard InChI is InChI=1S/C10H16BrN3O/c1-7-8(6-14(4)13-7)5-12-9(15)10(2,3)11/h6H,5H2,1-4H3,(H,12,15). The van der Waals surface area contributed by atoms with Crippen LogP contribution in [0.1, 0.15) is 25.1 Å². The molecule has 5 heteroatoms. The van der Waals surface area contributed by atoms with Gasteiger partial charge in [0.05, 0.1) is 10.0 Å². The van der Waals surface area contributed by atoms with Crippen molar-refractivity contribution in [3.05, 3.63) is 17.5 Å². The zero-order valence-electron chi connectivity index (χ0n) is 9.47. The minimum absolute atomic E-state index is 0.0225. The van der Waals surface area contributed by atoms with Crippen molar-refractivity contribution in [3.8, 4) is 0 Å². The lowest BCUT2D eigenvalue weighted by molar-refractivity contribution is -0.122. The van der Waals surface area contributed by atoms with Crippen molar-refractivity contribution in [2.24, 2.45) is 7.05 Å². The van der Waals surface area contributed by atoms with Crippen LogP contribution in [0.3, 0.4) is 0 Å². The third-order valence-corrected chi connectivity index (χ3v) is 2.45. The van der Waals surface area contributed by atoms with E-state index in [0.29, 0.717) is 6.54 Å². The monoisotopic (exact) mass is 273 g/mol. The van der Waals surface area contributed by atoms with Gasteiger partial charge in [-0.3, -0.25) is 9.48 Å². The van der Waals surface area contributed by atoms with E-state index in [9.17, 15) is 4.79 Å². The number of hydrogen-bond donors (Lipinski definition) is 1. The Balaban J connectivity index is 2.58. The first kappa shape index (κ1) is 12.2. The van der Waals surface area contributed by atoms with E-state index in [1.54, 1.807) is 4.68 Å². The molecule has 0 atom stereocenters. The van der Waals surface area contributed by atoms with E-state index in [1.165, 1.54) is 0 Å². The lowest BCUT2D eigenvalue weighted by Crippen LogP contribution is -2.37. The van der Waals surface area contributed by atoms with Crippen LogP contribution in [0.25, 0.3) is 0 Å². The summed E-state index contributed by atoms with van der Waals surface area (Å²) in [5.41, 5.74) is 1.99. The topological polar surface area (TPSA) is 46.9 Å². The zero-order valence-corrected chi connectivity index (χ0v) is 11.1. The SMILES string of the molecule is Cc1nn(C)cc1CNC(=O)C(C)(C)Br. The second-order valence-electron chi connectivity index (χ2n) is 4.07. The van der Waals surface area contributed by atoms with Gasteiger partial charge < -0.3 is 5.32 Å². The fourth-order valence-electron chi connectivity index (χ4n) is 1.21. The van der Waals surface area contributed by atoms with Crippen LogP contribution in [0.2, 0.25) is 0 Å². The third kappa shape index (κ3) is 3.34. The maximum Gasteiger partial charge on any atom is 0.236 e. The molecule has 15 heavy (non-hydrogen) atoms. The van der Waals surface area contributed by atoms with Gasteiger partial charge in [0.25, 0.3) is 0 Å². The molecule has 84 valence electrons. The molecule has 0 unspecified atom stereocenters. The Morgan fingerprint density at radius 3 is 2.67 bits per heavy atom. The van der Waals surface area contributed by atoms with Crippen LogP contribution in [0.15, 0.2) is 6.20 Å². The normalized spacial score (nSPS) is 11.5. The average Bonchev–Trinajstić information content (AvgIpc) is 2.39. The molecule has 1 N–H and O–H groups in total. The number of rotatable bonds is 3. The Morgan fingerprint density at radius 2 is 2.27 bits per heavy atom. The number of aryl methyl sites for hydroxylation is 2. The highest BCUT2D eigenvalue weighted by Crippen LogP contribution is 2.15. The van der Waals surface area contributed by atoms with Crippen molar-refractivity contribution < 1.29 is 4.79 Å². The Morgan fingerprint density at radius 1 is 1.67 bits per heavy atom. The highest BCUT2D eigenvalue weighted by Gasteiger charge is 2.23. The van der Waals surface area contributed by atoms with Crippen LogP contribution in [-0.4, -0.2) is 20.0 Å². The van der Waals surface area contributed by atoms with Gasteiger partial charge in [-0.05, 0) is 20.8 Å². The minimum atomic E-state index is -0.525. The third-order valence-electron chi connectivity index (χ3n) is 2.09. The first-order valence-electron chi connectivity index (χ1n) is 4.77. The number of nitrogens with zero attached hydrogens (tertiary/aromatic N) is 2. The number of nitrogens with one attached hydrogen (secondary N) is 1. The van der Waals surface area contributed by atoms with Gasteiger partial charge in [-0.1, -0.05) is 15.9 Å². The average molecular weight is 274 g/mol. The lowest BCUT2D eigenvalue weighted by Gasteiger charge is -2.15. The van der Waals surface area contributed by atoms with Gasteiger partial charge in [0.1, 0.15) is 0 Å². The van der Waals surface area contributed by atoms with E-state index >= 15 is 0 Å². The molecule has 0 radical (unpaired) electrons. The molecule has 0 aromatic carbocycles. The Hall–Kier alpha value is -0.840. The van der Waals surface area contributed by atoms with Gasteiger partial charge >= 0.3 is 0 Å². The van der Waals surface area contributed by atoms with Crippen molar-refractivity contribution in [1.29, 1.82) is 0 Å². The van der Waals surface area contributed by atoms with E-state index in [1.807, 2.05) is 34.0 Å². The smallest absolute Gasteiger partial charge is 0.236 e. The van der Waals surface area contributed by atoms with Crippen molar-refractivity contribution in [2.45, 2.75) is 31.6 Å². The summed E-state index contributed by atoms with van der Waals surface area (Å²) in [7, 11) is 1.87. The summed E-state index contributed by atoms with van der Waals surface area (Å²) in [6, 6.07) is 0. The van der Waals surface area contributed by atoms with E-state index in [4.69, 9.17) is 0 Å². The highest BCUT2D eigenvalue weighted by molar-refractivity contribution is 9.10. The zero-order chi connectivity index (χ0) is 11.6. The van der Waals surface area contributed by atoms with Gasteiger partial charge in [0, 0.05) is 25.4 Å². The number of amides is 1. The summed E-state index contributed by atoms with van der Waals surface area (Å²) < 4.78 is 1.22. The van der Waals surface area contributed by atoms with Crippen molar-refractivity contribution in [2.75, 3.05) is 0 Å². The summed E-state index contributed by atoms with van der Waals surface area (Å²) >= 11 is 3.31. The van der Waals surface area contributed by atoms with E-state index < -0.39 is 4.32 Å². The van der Waals surface area contributed by atoms with Crippen LogP contribution in [0.5, 0.6) is 0 Å². The Bertz CT molecular complexity index is 365. The molecule has 0 saturated carbocycles. The maximum absolute atomic E-state index is 11.6. The van der Waals surface area contributed by atoms with Crippen molar-refractivity contribution in [1.82, 2.24) is 15.1 Å². The molecule has 0 aliphatic carbocycles. The predicted molar refractivity (Wildman–Crippen MR) is 62.8 cm³/mol. The summed E-state index contributed by atoms with van der Waals surface area (Å²) in [5.74, 6) is -0.0225.